The molecule has 0 bridgehead atoms. The third-order valence-corrected chi connectivity index (χ3v) is 4.06. The maximum Gasteiger partial charge on any atom is 0.319 e. The highest BCUT2D eigenvalue weighted by Gasteiger charge is 2.19. The molecule has 2 rings (SSSR count). The van der Waals surface area contributed by atoms with Crippen molar-refractivity contribution in [3.63, 3.8) is 0 Å². The summed E-state index contributed by atoms with van der Waals surface area (Å²) in [5.41, 5.74) is 3.00. The molecule has 1 unspecified atom stereocenters. The average molecular weight is 353 g/mol. The topological polar surface area (TPSA) is 70.2 Å². The minimum absolute atomic E-state index is 0.151. The number of hydrogen-bond acceptors (Lipinski definition) is 2. The first kappa shape index (κ1) is 19.5. The number of amides is 3. The van der Waals surface area contributed by atoms with Crippen molar-refractivity contribution in [3.05, 3.63) is 65.7 Å². The Kier molecular flexibility index (Phi) is 7.68. The van der Waals surface area contributed by atoms with Crippen LogP contribution in [0.1, 0.15) is 30.9 Å². The molecule has 1 atom stereocenters. The van der Waals surface area contributed by atoms with E-state index < -0.39 is 6.04 Å². The van der Waals surface area contributed by atoms with Crippen LogP contribution in [0.2, 0.25) is 0 Å². The van der Waals surface area contributed by atoms with E-state index in [9.17, 15) is 9.59 Å². The van der Waals surface area contributed by atoms with Gasteiger partial charge in [0.1, 0.15) is 6.04 Å². The van der Waals surface area contributed by atoms with Crippen molar-refractivity contribution in [1.29, 1.82) is 0 Å². The van der Waals surface area contributed by atoms with E-state index in [1.165, 1.54) is 5.56 Å². The predicted octanol–water partition coefficient (Wildman–Crippen LogP) is 3.64. The molecule has 3 amide bonds. The number of rotatable bonds is 8. The van der Waals surface area contributed by atoms with E-state index in [2.05, 4.69) is 16.0 Å². The molecule has 0 saturated heterocycles. The number of carbonyl (C=O) groups excluding carboxylic acids is 2. The van der Waals surface area contributed by atoms with Crippen LogP contribution in [0, 0.1) is 6.92 Å². The Morgan fingerprint density at radius 2 is 1.69 bits per heavy atom. The van der Waals surface area contributed by atoms with Gasteiger partial charge in [0.2, 0.25) is 5.91 Å². The van der Waals surface area contributed by atoms with Gasteiger partial charge in [-0.25, -0.2) is 4.79 Å². The van der Waals surface area contributed by atoms with Gasteiger partial charge in [0.25, 0.3) is 0 Å². The minimum Gasteiger partial charge on any atom is -0.354 e. The van der Waals surface area contributed by atoms with Crippen molar-refractivity contribution in [2.24, 2.45) is 0 Å². The van der Waals surface area contributed by atoms with Crippen molar-refractivity contribution in [2.45, 2.75) is 39.2 Å². The van der Waals surface area contributed by atoms with Crippen LogP contribution >= 0.6 is 0 Å². The summed E-state index contributed by atoms with van der Waals surface area (Å²) in [6.45, 7) is 4.52. The van der Waals surface area contributed by atoms with Crippen molar-refractivity contribution in [3.8, 4) is 0 Å². The summed E-state index contributed by atoms with van der Waals surface area (Å²) in [6, 6.07) is 16.6. The normalized spacial score (nSPS) is 11.5. The zero-order valence-corrected chi connectivity index (χ0v) is 15.4. The summed E-state index contributed by atoms with van der Waals surface area (Å²) >= 11 is 0. The summed E-state index contributed by atoms with van der Waals surface area (Å²) in [5.74, 6) is -0.151. The Labute approximate surface area is 155 Å². The van der Waals surface area contributed by atoms with Gasteiger partial charge in [-0.3, -0.25) is 4.79 Å². The molecule has 0 saturated carbocycles. The monoisotopic (exact) mass is 353 g/mol. The summed E-state index contributed by atoms with van der Waals surface area (Å²) < 4.78 is 0. The van der Waals surface area contributed by atoms with Crippen molar-refractivity contribution in [2.75, 3.05) is 11.9 Å². The molecule has 0 aliphatic carbocycles. The maximum atomic E-state index is 12.4. The van der Waals surface area contributed by atoms with Crippen molar-refractivity contribution < 1.29 is 9.59 Å². The van der Waals surface area contributed by atoms with Gasteiger partial charge in [-0.1, -0.05) is 61.4 Å². The molecule has 0 spiro atoms. The quantitative estimate of drug-likeness (QED) is 0.678. The molecule has 5 heteroatoms. The SMILES string of the molecule is CCCC(NC(=O)Nc1ccc(C)cc1)C(=O)NCCc1ccccc1. The first-order valence-electron chi connectivity index (χ1n) is 9.04. The fourth-order valence-electron chi connectivity index (χ4n) is 2.62. The first-order valence-corrected chi connectivity index (χ1v) is 9.04. The lowest BCUT2D eigenvalue weighted by Gasteiger charge is -2.18. The maximum absolute atomic E-state index is 12.4. The predicted molar refractivity (Wildman–Crippen MR) is 105 cm³/mol. The highest BCUT2D eigenvalue weighted by molar-refractivity contribution is 5.93. The molecule has 26 heavy (non-hydrogen) atoms. The van der Waals surface area contributed by atoms with Gasteiger partial charge in [0, 0.05) is 12.2 Å². The van der Waals surface area contributed by atoms with Gasteiger partial charge in [-0.15, -0.1) is 0 Å². The number of nitrogens with one attached hydrogen (secondary N) is 3. The highest BCUT2D eigenvalue weighted by atomic mass is 16.2. The molecular formula is C21H27N3O2. The molecule has 5 nitrogen and oxygen atoms in total. The fraction of sp³-hybridized carbons (Fsp3) is 0.333. The van der Waals surface area contributed by atoms with E-state index in [1.807, 2.05) is 68.4 Å². The van der Waals surface area contributed by atoms with Crippen LogP contribution in [-0.2, 0) is 11.2 Å². The Morgan fingerprint density at radius 1 is 1.00 bits per heavy atom. The fourth-order valence-corrected chi connectivity index (χ4v) is 2.62. The van der Waals surface area contributed by atoms with Gasteiger partial charge in [-0.05, 0) is 37.5 Å². The largest absolute Gasteiger partial charge is 0.354 e. The van der Waals surface area contributed by atoms with Crippen LogP contribution in [0.5, 0.6) is 0 Å². The Hall–Kier alpha value is -2.82. The van der Waals surface area contributed by atoms with Crippen LogP contribution in [-0.4, -0.2) is 24.5 Å². The minimum atomic E-state index is -0.541. The molecule has 3 N–H and O–H groups in total. The molecule has 2 aromatic rings. The molecular weight excluding hydrogens is 326 g/mol. The lowest BCUT2D eigenvalue weighted by Crippen LogP contribution is -2.48. The van der Waals surface area contributed by atoms with Gasteiger partial charge < -0.3 is 16.0 Å². The molecule has 0 aliphatic heterocycles. The van der Waals surface area contributed by atoms with Gasteiger partial charge in [0.15, 0.2) is 0 Å². The zero-order valence-electron chi connectivity index (χ0n) is 15.4. The lowest BCUT2D eigenvalue weighted by molar-refractivity contribution is -0.123. The third kappa shape index (κ3) is 6.59. The van der Waals surface area contributed by atoms with Crippen LogP contribution in [0.3, 0.4) is 0 Å². The Morgan fingerprint density at radius 3 is 2.35 bits per heavy atom. The standard InChI is InChI=1S/C21H27N3O2/c1-3-7-19(20(25)22-15-14-17-8-5-4-6-9-17)24-21(26)23-18-12-10-16(2)11-13-18/h4-6,8-13,19H,3,7,14-15H2,1-2H3,(H,22,25)(H2,23,24,26). The molecule has 0 fully saturated rings. The Balaban J connectivity index is 1.82. The third-order valence-electron chi connectivity index (χ3n) is 4.06. The number of aryl methyl sites for hydroxylation is 1. The van der Waals surface area contributed by atoms with Crippen LogP contribution in [0.4, 0.5) is 10.5 Å². The first-order chi connectivity index (χ1) is 12.6. The summed E-state index contributed by atoms with van der Waals surface area (Å²) in [4.78, 5) is 24.6. The van der Waals surface area contributed by atoms with E-state index in [-0.39, 0.29) is 11.9 Å². The number of anilines is 1. The van der Waals surface area contributed by atoms with E-state index >= 15 is 0 Å². The van der Waals surface area contributed by atoms with E-state index in [0.717, 1.165) is 18.4 Å². The average Bonchev–Trinajstić information content (AvgIpc) is 2.64. The van der Waals surface area contributed by atoms with Crippen molar-refractivity contribution >= 4 is 17.6 Å². The molecule has 0 radical (unpaired) electrons. The van der Waals surface area contributed by atoms with Crippen LogP contribution in [0.25, 0.3) is 0 Å². The molecule has 0 heterocycles. The summed E-state index contributed by atoms with van der Waals surface area (Å²) in [6.07, 6.45) is 2.17. The van der Waals surface area contributed by atoms with Gasteiger partial charge in [0.05, 0.1) is 0 Å². The number of urea groups is 1. The van der Waals surface area contributed by atoms with E-state index in [0.29, 0.717) is 18.7 Å². The number of benzene rings is 2. The summed E-state index contributed by atoms with van der Waals surface area (Å²) in [5, 5.41) is 8.44. The summed E-state index contributed by atoms with van der Waals surface area (Å²) in [7, 11) is 0. The van der Waals surface area contributed by atoms with E-state index in [1.54, 1.807) is 0 Å². The second-order valence-corrected chi connectivity index (χ2v) is 6.33. The molecule has 138 valence electrons. The molecule has 2 aromatic carbocycles. The van der Waals surface area contributed by atoms with Crippen molar-refractivity contribution in [1.82, 2.24) is 10.6 Å². The van der Waals surface area contributed by atoms with Gasteiger partial charge in [-0.2, -0.15) is 0 Å². The highest BCUT2D eigenvalue weighted by Crippen LogP contribution is 2.08. The van der Waals surface area contributed by atoms with Crippen LogP contribution < -0.4 is 16.0 Å². The number of carbonyl (C=O) groups is 2. The van der Waals surface area contributed by atoms with Gasteiger partial charge >= 0.3 is 6.03 Å². The molecule has 0 aromatic heterocycles. The van der Waals surface area contributed by atoms with Crippen LogP contribution in [0.15, 0.2) is 54.6 Å². The second kappa shape index (κ2) is 10.2. The molecule has 0 aliphatic rings. The zero-order chi connectivity index (χ0) is 18.8. The lowest BCUT2D eigenvalue weighted by atomic mass is 10.1. The smallest absolute Gasteiger partial charge is 0.319 e. The van der Waals surface area contributed by atoms with E-state index in [4.69, 9.17) is 0 Å². The number of hydrogen-bond donors (Lipinski definition) is 3. The second-order valence-electron chi connectivity index (χ2n) is 6.33. The Bertz CT molecular complexity index is 699.